The third-order valence-electron chi connectivity index (χ3n) is 7.15. The Morgan fingerprint density at radius 1 is 1.10 bits per heavy atom. The van der Waals surface area contributed by atoms with Gasteiger partial charge in [-0.2, -0.15) is 0 Å². The molecule has 2 heterocycles. The smallest absolute Gasteiger partial charge is 0.350 e. The van der Waals surface area contributed by atoms with Gasteiger partial charge in [0.25, 0.3) is 0 Å². The summed E-state index contributed by atoms with van der Waals surface area (Å²) in [6.45, 7) is 4.23. The number of carbonyl (C=O) groups excluding carboxylic acids is 2. The van der Waals surface area contributed by atoms with Gasteiger partial charge in [0, 0.05) is 4.88 Å². The fourth-order valence-electron chi connectivity index (χ4n) is 5.19. The molecule has 2 fully saturated rings. The molecule has 1 aromatic heterocycles. The largest absolute Gasteiger partial charge is 0.465 e. The van der Waals surface area contributed by atoms with Crippen LogP contribution in [0, 0.1) is 17.3 Å². The number of thiophene rings is 1. The van der Waals surface area contributed by atoms with Crippen molar-refractivity contribution < 1.29 is 14.3 Å². The Kier molecular flexibility index (Phi) is 6.77. The predicted octanol–water partition coefficient (Wildman–Crippen LogP) is 5.34. The summed E-state index contributed by atoms with van der Waals surface area (Å²) in [5, 5.41) is 6.62. The van der Waals surface area contributed by atoms with Crippen LogP contribution in [0.5, 0.6) is 0 Å². The molecule has 2 N–H and O–H groups in total. The first-order valence-corrected chi connectivity index (χ1v) is 12.1. The number of ether oxygens (including phenoxy) is 1. The second-order valence-electron chi connectivity index (χ2n) is 9.03. The normalized spacial score (nSPS) is 24.5. The van der Waals surface area contributed by atoms with Gasteiger partial charge in [0.05, 0.1) is 18.2 Å². The number of hydrogen-bond donors (Lipinski definition) is 2. The van der Waals surface area contributed by atoms with Gasteiger partial charge in [0.1, 0.15) is 4.88 Å². The maximum atomic E-state index is 13.8. The van der Waals surface area contributed by atoms with E-state index in [0.29, 0.717) is 22.4 Å². The number of amides is 1. The molecule has 1 aliphatic heterocycles. The molecule has 31 heavy (non-hydrogen) atoms. The fourth-order valence-corrected chi connectivity index (χ4v) is 6.23. The summed E-state index contributed by atoms with van der Waals surface area (Å²) in [7, 11) is 1.38. The lowest BCUT2D eigenvalue weighted by Crippen LogP contribution is -2.48. The average molecular weight is 441 g/mol. The van der Waals surface area contributed by atoms with Crippen molar-refractivity contribution in [3.05, 3.63) is 41.3 Å². The van der Waals surface area contributed by atoms with Gasteiger partial charge in [-0.3, -0.25) is 4.79 Å². The van der Waals surface area contributed by atoms with Crippen molar-refractivity contribution >= 4 is 28.9 Å². The second-order valence-corrected chi connectivity index (χ2v) is 10.1. The topological polar surface area (TPSA) is 67.4 Å². The summed E-state index contributed by atoms with van der Waals surface area (Å²) in [4.78, 5) is 27.7. The van der Waals surface area contributed by atoms with Crippen molar-refractivity contribution in [1.82, 2.24) is 5.32 Å². The van der Waals surface area contributed by atoms with Crippen LogP contribution in [-0.4, -0.2) is 32.1 Å². The van der Waals surface area contributed by atoms with Crippen LogP contribution in [-0.2, 0) is 9.53 Å². The number of benzene rings is 1. The van der Waals surface area contributed by atoms with Crippen LogP contribution in [0.3, 0.4) is 0 Å². The molecule has 6 heteroatoms. The van der Waals surface area contributed by atoms with Gasteiger partial charge in [-0.25, -0.2) is 4.79 Å². The zero-order valence-corrected chi connectivity index (χ0v) is 19.2. The van der Waals surface area contributed by atoms with Gasteiger partial charge in [0.15, 0.2) is 0 Å². The molecule has 1 saturated heterocycles. The van der Waals surface area contributed by atoms with Gasteiger partial charge >= 0.3 is 5.97 Å². The van der Waals surface area contributed by atoms with E-state index in [-0.39, 0.29) is 11.3 Å². The molecule has 1 aromatic carbocycles. The lowest BCUT2D eigenvalue weighted by molar-refractivity contribution is -0.132. The van der Waals surface area contributed by atoms with E-state index in [2.05, 4.69) is 17.6 Å². The average Bonchev–Trinajstić information content (AvgIpc) is 3.24. The Balaban J connectivity index is 1.65. The molecule has 0 atom stereocenters. The molecule has 5 nitrogen and oxygen atoms in total. The molecule has 0 bridgehead atoms. The van der Waals surface area contributed by atoms with Crippen molar-refractivity contribution in [3.63, 3.8) is 0 Å². The molecule has 1 saturated carbocycles. The Hall–Kier alpha value is -2.18. The zero-order valence-electron chi connectivity index (χ0n) is 18.4. The van der Waals surface area contributed by atoms with Crippen LogP contribution < -0.4 is 10.6 Å². The van der Waals surface area contributed by atoms with Gasteiger partial charge in [-0.1, -0.05) is 37.3 Å². The summed E-state index contributed by atoms with van der Waals surface area (Å²) < 4.78 is 5.02. The molecular formula is C25H32N2O3S. The molecule has 0 radical (unpaired) electrons. The van der Waals surface area contributed by atoms with E-state index in [1.54, 1.807) is 0 Å². The van der Waals surface area contributed by atoms with Gasteiger partial charge in [-0.15, -0.1) is 11.3 Å². The lowest BCUT2D eigenvalue weighted by atomic mass is 9.61. The van der Waals surface area contributed by atoms with Gasteiger partial charge < -0.3 is 15.4 Å². The minimum Gasteiger partial charge on any atom is -0.465 e. The summed E-state index contributed by atoms with van der Waals surface area (Å²) in [5.41, 5.74) is 1.25. The Morgan fingerprint density at radius 3 is 2.42 bits per heavy atom. The van der Waals surface area contributed by atoms with Crippen LogP contribution >= 0.6 is 11.3 Å². The molecule has 4 rings (SSSR count). The highest BCUT2D eigenvalue weighted by Crippen LogP contribution is 2.49. The van der Waals surface area contributed by atoms with Crippen molar-refractivity contribution in [2.24, 2.45) is 17.3 Å². The van der Waals surface area contributed by atoms with Crippen molar-refractivity contribution in [3.8, 4) is 10.4 Å². The minimum absolute atomic E-state index is 0.0777. The van der Waals surface area contributed by atoms with E-state index >= 15 is 0 Å². The number of methoxy groups -OCH3 is 1. The highest BCUT2D eigenvalue weighted by Gasteiger charge is 2.47. The first kappa shape index (κ1) is 22.0. The SMILES string of the molecule is COC(=O)c1sc(-c2ccccc2)cc1NC(=O)C1(C2CCNCC2)CCC(C)CC1. The molecule has 2 aliphatic rings. The molecule has 1 aliphatic carbocycles. The number of hydrogen-bond acceptors (Lipinski definition) is 5. The molecule has 0 spiro atoms. The van der Waals surface area contributed by atoms with Crippen molar-refractivity contribution in [1.29, 1.82) is 0 Å². The van der Waals surface area contributed by atoms with E-state index < -0.39 is 5.97 Å². The summed E-state index contributed by atoms with van der Waals surface area (Å²) in [5.74, 6) is 0.721. The monoisotopic (exact) mass is 440 g/mol. The minimum atomic E-state index is -0.407. The molecule has 0 unspecified atom stereocenters. The van der Waals surface area contributed by atoms with Gasteiger partial charge in [0.2, 0.25) is 5.91 Å². The van der Waals surface area contributed by atoms with Gasteiger partial charge in [-0.05, 0) is 75.1 Å². The zero-order chi connectivity index (χ0) is 21.8. The fraction of sp³-hybridized carbons (Fsp3) is 0.520. The molecule has 166 valence electrons. The molecule has 2 aromatic rings. The molecule has 1 amide bonds. The third kappa shape index (κ3) is 4.55. The maximum Gasteiger partial charge on any atom is 0.350 e. The van der Waals surface area contributed by atoms with Crippen molar-refractivity contribution in [2.45, 2.75) is 45.4 Å². The van der Waals surface area contributed by atoms with Crippen LogP contribution in [0.1, 0.15) is 55.1 Å². The standard InChI is InChI=1S/C25H32N2O3S/c1-17-8-12-25(13-9-17,19-10-14-26-15-11-19)24(29)27-20-16-21(18-6-4-3-5-7-18)31-22(20)23(28)30-2/h3-7,16-17,19,26H,8-15H2,1-2H3,(H,27,29). The predicted molar refractivity (Wildman–Crippen MR) is 125 cm³/mol. The first-order valence-electron chi connectivity index (χ1n) is 11.3. The number of esters is 1. The Morgan fingerprint density at radius 2 is 1.77 bits per heavy atom. The summed E-state index contributed by atoms with van der Waals surface area (Å²) in [6.07, 6.45) is 6.08. The van der Waals surface area contributed by atoms with E-state index in [0.717, 1.165) is 62.1 Å². The van der Waals surface area contributed by atoms with E-state index in [1.165, 1.54) is 18.4 Å². The van der Waals surface area contributed by atoms with Crippen LogP contribution in [0.2, 0.25) is 0 Å². The number of rotatable bonds is 5. The summed E-state index contributed by atoms with van der Waals surface area (Å²) >= 11 is 1.37. The number of anilines is 1. The van der Waals surface area contributed by atoms with Crippen LogP contribution in [0.15, 0.2) is 36.4 Å². The third-order valence-corrected chi connectivity index (χ3v) is 8.31. The second kappa shape index (κ2) is 9.53. The maximum absolute atomic E-state index is 13.8. The Bertz CT molecular complexity index is 910. The van der Waals surface area contributed by atoms with Crippen molar-refractivity contribution in [2.75, 3.05) is 25.5 Å². The summed E-state index contributed by atoms with van der Waals surface area (Å²) in [6, 6.07) is 11.9. The van der Waals surface area contributed by atoms with Crippen LogP contribution in [0.4, 0.5) is 5.69 Å². The van der Waals surface area contributed by atoms with E-state index in [1.807, 2.05) is 36.4 Å². The number of nitrogens with one attached hydrogen (secondary N) is 2. The Labute approximate surface area is 188 Å². The highest BCUT2D eigenvalue weighted by molar-refractivity contribution is 7.18. The van der Waals surface area contributed by atoms with Crippen LogP contribution in [0.25, 0.3) is 10.4 Å². The first-order chi connectivity index (χ1) is 15.0. The lowest BCUT2D eigenvalue weighted by Gasteiger charge is -2.45. The number of piperidine rings is 1. The number of carbonyl (C=O) groups is 2. The molecular weight excluding hydrogens is 408 g/mol. The highest BCUT2D eigenvalue weighted by atomic mass is 32.1. The quantitative estimate of drug-likeness (QED) is 0.616. The van der Waals surface area contributed by atoms with E-state index in [9.17, 15) is 9.59 Å². The van der Waals surface area contributed by atoms with E-state index in [4.69, 9.17) is 4.74 Å².